The maximum absolute atomic E-state index is 12.5. The molecule has 3 rings (SSSR count). The molecule has 164 valence electrons. The van der Waals surface area contributed by atoms with Gasteiger partial charge in [0.25, 0.3) is 5.91 Å². The summed E-state index contributed by atoms with van der Waals surface area (Å²) in [5.74, 6) is -0.311. The van der Waals surface area contributed by atoms with Crippen LogP contribution in [0.15, 0.2) is 40.9 Å². The fourth-order valence-corrected chi connectivity index (χ4v) is 3.40. The molecule has 2 amide bonds. The first-order chi connectivity index (χ1) is 14.9. The minimum absolute atomic E-state index is 0.114. The van der Waals surface area contributed by atoms with Crippen LogP contribution in [-0.2, 0) is 11.2 Å². The zero-order chi connectivity index (χ0) is 22.4. The Balaban J connectivity index is 1.55. The average Bonchev–Trinajstić information content (AvgIpc) is 3.13. The Labute approximate surface area is 182 Å². The highest BCUT2D eigenvalue weighted by Crippen LogP contribution is 2.23. The van der Waals surface area contributed by atoms with Crippen molar-refractivity contribution >= 4 is 28.5 Å². The molecule has 0 spiro atoms. The molecule has 0 bridgehead atoms. The summed E-state index contributed by atoms with van der Waals surface area (Å²) < 4.78 is 5.36. The average molecular weight is 423 g/mol. The topological polar surface area (TPSA) is 87.5 Å². The molecule has 0 aliphatic rings. The van der Waals surface area contributed by atoms with E-state index in [1.807, 2.05) is 26.0 Å². The van der Waals surface area contributed by atoms with Crippen molar-refractivity contribution < 1.29 is 14.1 Å². The molecule has 1 heterocycles. The smallest absolute Gasteiger partial charge is 0.251 e. The van der Waals surface area contributed by atoms with E-state index in [0.29, 0.717) is 29.1 Å². The summed E-state index contributed by atoms with van der Waals surface area (Å²) >= 11 is 0. The maximum Gasteiger partial charge on any atom is 0.251 e. The number of aryl methyl sites for hydroxylation is 2. The molecule has 0 radical (unpaired) electrons. The molecule has 0 fully saturated rings. The Bertz CT molecular complexity index is 1050. The lowest BCUT2D eigenvalue weighted by atomic mass is 10.1. The maximum atomic E-state index is 12.5. The molecule has 0 aliphatic heterocycles. The number of anilines is 1. The van der Waals surface area contributed by atoms with Crippen molar-refractivity contribution in [2.24, 2.45) is 0 Å². The van der Waals surface area contributed by atoms with Crippen LogP contribution in [0, 0.1) is 13.8 Å². The third kappa shape index (κ3) is 5.70. The van der Waals surface area contributed by atoms with Crippen molar-refractivity contribution in [3.05, 3.63) is 58.8 Å². The first-order valence-corrected chi connectivity index (χ1v) is 10.7. The number of likely N-dealkylation sites (N-methyl/N-ethyl adjacent to an activating group) is 1. The fourth-order valence-electron chi connectivity index (χ4n) is 3.40. The monoisotopic (exact) mass is 422 g/mol. The number of nitrogens with zero attached hydrogens (tertiary/aromatic N) is 2. The number of hydrogen-bond donors (Lipinski definition) is 2. The molecule has 3 aromatic rings. The highest BCUT2D eigenvalue weighted by atomic mass is 16.5. The Morgan fingerprint density at radius 3 is 2.39 bits per heavy atom. The van der Waals surface area contributed by atoms with E-state index in [9.17, 15) is 9.59 Å². The van der Waals surface area contributed by atoms with E-state index in [2.05, 4.69) is 34.5 Å². The lowest BCUT2D eigenvalue weighted by Crippen LogP contribution is -2.34. The van der Waals surface area contributed by atoms with E-state index in [-0.39, 0.29) is 18.2 Å². The van der Waals surface area contributed by atoms with Crippen LogP contribution in [0.2, 0.25) is 0 Å². The summed E-state index contributed by atoms with van der Waals surface area (Å²) in [5, 5.41) is 10.7. The van der Waals surface area contributed by atoms with E-state index in [1.54, 1.807) is 24.3 Å². The SMILES string of the molecule is CCN(CC)CCNC(=O)c1ccc(NC(=O)Cc2noc3cc(C)c(C)cc23)cc1. The van der Waals surface area contributed by atoms with Gasteiger partial charge in [0.05, 0.1) is 6.42 Å². The molecule has 0 saturated carbocycles. The van der Waals surface area contributed by atoms with Crippen LogP contribution >= 0.6 is 0 Å². The summed E-state index contributed by atoms with van der Waals surface area (Å²) in [6.07, 6.45) is 0.114. The van der Waals surface area contributed by atoms with Gasteiger partial charge in [-0.1, -0.05) is 19.0 Å². The van der Waals surface area contributed by atoms with Crippen LogP contribution in [0.5, 0.6) is 0 Å². The quantitative estimate of drug-likeness (QED) is 0.549. The van der Waals surface area contributed by atoms with Crippen LogP contribution in [0.25, 0.3) is 11.0 Å². The second-order valence-electron chi connectivity index (χ2n) is 7.65. The van der Waals surface area contributed by atoms with Gasteiger partial charge >= 0.3 is 0 Å². The number of fused-ring (bicyclic) bond motifs is 1. The van der Waals surface area contributed by atoms with Crippen molar-refractivity contribution in [2.75, 3.05) is 31.5 Å². The number of carbonyl (C=O) groups excluding carboxylic acids is 2. The molecular weight excluding hydrogens is 392 g/mol. The third-order valence-corrected chi connectivity index (χ3v) is 5.53. The Morgan fingerprint density at radius 1 is 1.03 bits per heavy atom. The van der Waals surface area contributed by atoms with Gasteiger partial charge < -0.3 is 20.1 Å². The highest BCUT2D eigenvalue weighted by molar-refractivity contribution is 5.97. The molecule has 2 N–H and O–H groups in total. The van der Waals surface area contributed by atoms with Crippen LogP contribution < -0.4 is 10.6 Å². The van der Waals surface area contributed by atoms with Crippen LogP contribution in [0.1, 0.15) is 41.0 Å². The van der Waals surface area contributed by atoms with Crippen molar-refractivity contribution in [1.82, 2.24) is 15.4 Å². The molecular formula is C24H30N4O3. The molecule has 31 heavy (non-hydrogen) atoms. The second kappa shape index (κ2) is 10.2. The van der Waals surface area contributed by atoms with Crippen LogP contribution in [-0.4, -0.2) is 48.0 Å². The number of rotatable bonds is 9. The molecule has 7 nitrogen and oxygen atoms in total. The van der Waals surface area contributed by atoms with Crippen molar-refractivity contribution in [2.45, 2.75) is 34.1 Å². The standard InChI is InChI=1S/C24H30N4O3/c1-5-28(6-2)12-11-25-24(30)18-7-9-19(10-8-18)26-23(29)15-21-20-13-16(3)17(4)14-22(20)31-27-21/h7-10,13-14H,5-6,11-12,15H2,1-4H3,(H,25,30)(H,26,29). The molecule has 0 aliphatic carbocycles. The zero-order valence-corrected chi connectivity index (χ0v) is 18.6. The van der Waals surface area contributed by atoms with E-state index in [0.717, 1.165) is 36.1 Å². The van der Waals surface area contributed by atoms with E-state index in [1.165, 1.54) is 0 Å². The minimum atomic E-state index is -0.190. The summed E-state index contributed by atoms with van der Waals surface area (Å²) in [6.45, 7) is 11.6. The number of benzene rings is 2. The normalized spacial score (nSPS) is 11.1. The first kappa shape index (κ1) is 22.5. The molecule has 0 saturated heterocycles. The van der Waals surface area contributed by atoms with Crippen LogP contribution in [0.3, 0.4) is 0 Å². The molecule has 2 aromatic carbocycles. The number of carbonyl (C=O) groups is 2. The molecule has 0 atom stereocenters. The fraction of sp³-hybridized carbons (Fsp3) is 0.375. The molecule has 1 aromatic heterocycles. The lowest BCUT2D eigenvalue weighted by molar-refractivity contribution is -0.115. The van der Waals surface area contributed by atoms with Gasteiger partial charge in [0, 0.05) is 29.7 Å². The van der Waals surface area contributed by atoms with Gasteiger partial charge in [0.2, 0.25) is 5.91 Å². The molecule has 0 unspecified atom stereocenters. The van der Waals surface area contributed by atoms with Gasteiger partial charge in [-0.15, -0.1) is 0 Å². The van der Waals surface area contributed by atoms with E-state index >= 15 is 0 Å². The zero-order valence-electron chi connectivity index (χ0n) is 18.6. The predicted molar refractivity (Wildman–Crippen MR) is 122 cm³/mol. The highest BCUT2D eigenvalue weighted by Gasteiger charge is 2.14. The van der Waals surface area contributed by atoms with Gasteiger partial charge in [0.15, 0.2) is 5.58 Å². The van der Waals surface area contributed by atoms with E-state index < -0.39 is 0 Å². The van der Waals surface area contributed by atoms with Gasteiger partial charge in [-0.25, -0.2) is 0 Å². The van der Waals surface area contributed by atoms with E-state index in [4.69, 9.17) is 4.52 Å². The summed E-state index contributed by atoms with van der Waals surface area (Å²) in [7, 11) is 0. The summed E-state index contributed by atoms with van der Waals surface area (Å²) in [4.78, 5) is 27.0. The Hall–Kier alpha value is -3.19. The van der Waals surface area contributed by atoms with Crippen molar-refractivity contribution in [3.63, 3.8) is 0 Å². The third-order valence-electron chi connectivity index (χ3n) is 5.53. The lowest BCUT2D eigenvalue weighted by Gasteiger charge is -2.17. The van der Waals surface area contributed by atoms with Gasteiger partial charge in [-0.3, -0.25) is 9.59 Å². The number of aromatic nitrogens is 1. The molecule has 7 heteroatoms. The largest absolute Gasteiger partial charge is 0.356 e. The minimum Gasteiger partial charge on any atom is -0.356 e. The summed E-state index contributed by atoms with van der Waals surface area (Å²) in [5.41, 5.74) is 4.73. The second-order valence-corrected chi connectivity index (χ2v) is 7.65. The van der Waals surface area contributed by atoms with Crippen LogP contribution in [0.4, 0.5) is 5.69 Å². The predicted octanol–water partition coefficient (Wildman–Crippen LogP) is 3.70. The first-order valence-electron chi connectivity index (χ1n) is 10.7. The van der Waals surface area contributed by atoms with Gasteiger partial charge in [-0.2, -0.15) is 0 Å². The number of hydrogen-bond acceptors (Lipinski definition) is 5. The Kier molecular flexibility index (Phi) is 7.41. The number of nitrogens with one attached hydrogen (secondary N) is 2. The number of amides is 2. The van der Waals surface area contributed by atoms with Gasteiger partial charge in [-0.05, 0) is 74.5 Å². The summed E-state index contributed by atoms with van der Waals surface area (Å²) in [6, 6.07) is 10.8. The van der Waals surface area contributed by atoms with Crippen molar-refractivity contribution in [3.8, 4) is 0 Å². The Morgan fingerprint density at radius 2 is 1.71 bits per heavy atom. The van der Waals surface area contributed by atoms with Crippen molar-refractivity contribution in [1.29, 1.82) is 0 Å². The van der Waals surface area contributed by atoms with Gasteiger partial charge in [0.1, 0.15) is 5.69 Å².